The summed E-state index contributed by atoms with van der Waals surface area (Å²) in [6.45, 7) is 1.21. The number of non-ortho nitro benzene ring substituents is 1. The fourth-order valence-electron chi connectivity index (χ4n) is 3.08. The van der Waals surface area contributed by atoms with Crippen molar-refractivity contribution in [2.45, 2.75) is 17.2 Å². The number of primary sulfonamides is 1. The first-order chi connectivity index (χ1) is 11.4. The van der Waals surface area contributed by atoms with E-state index in [1.807, 2.05) is 35.2 Å². The zero-order valence-corrected chi connectivity index (χ0v) is 13.6. The van der Waals surface area contributed by atoms with Gasteiger partial charge in [-0.15, -0.1) is 0 Å². The highest BCUT2D eigenvalue weighted by atomic mass is 32.2. The molecule has 0 aromatic heterocycles. The molecule has 1 saturated heterocycles. The topological polar surface area (TPSA) is 107 Å². The fraction of sp³-hybridized carbons (Fsp3) is 0.250. The van der Waals surface area contributed by atoms with Gasteiger partial charge < -0.3 is 4.90 Å². The number of nitrogens with two attached hydrogens (primary N) is 1. The van der Waals surface area contributed by atoms with Crippen LogP contribution in [0.2, 0.25) is 0 Å². The molecule has 2 aromatic carbocycles. The van der Waals surface area contributed by atoms with Crippen LogP contribution in [-0.2, 0) is 10.0 Å². The third-order valence-corrected chi connectivity index (χ3v) is 5.22. The molecule has 0 radical (unpaired) electrons. The number of rotatable bonds is 4. The van der Waals surface area contributed by atoms with Gasteiger partial charge in [0, 0.05) is 31.1 Å². The Bertz CT molecular complexity index is 868. The molecule has 8 heteroatoms. The molecule has 0 bridgehead atoms. The Morgan fingerprint density at radius 1 is 1.17 bits per heavy atom. The van der Waals surface area contributed by atoms with Crippen LogP contribution in [0.25, 0.3) is 0 Å². The summed E-state index contributed by atoms with van der Waals surface area (Å²) in [5.74, 6) is 0.249. The van der Waals surface area contributed by atoms with E-state index in [2.05, 4.69) is 0 Å². The Labute approximate surface area is 139 Å². The van der Waals surface area contributed by atoms with Gasteiger partial charge in [0.2, 0.25) is 10.0 Å². The van der Waals surface area contributed by atoms with Crippen molar-refractivity contribution in [2.24, 2.45) is 5.14 Å². The van der Waals surface area contributed by atoms with E-state index in [0.29, 0.717) is 18.8 Å². The van der Waals surface area contributed by atoms with Crippen LogP contribution in [0, 0.1) is 10.1 Å². The number of hydrogen-bond donors (Lipinski definition) is 1. The zero-order valence-electron chi connectivity index (χ0n) is 12.8. The average Bonchev–Trinajstić information content (AvgIpc) is 3.04. The summed E-state index contributed by atoms with van der Waals surface area (Å²) < 4.78 is 23.6. The van der Waals surface area contributed by atoms with Gasteiger partial charge in [0.25, 0.3) is 5.69 Å². The zero-order chi connectivity index (χ0) is 17.3. The molecule has 1 atom stereocenters. The lowest BCUT2D eigenvalue weighted by Gasteiger charge is -2.21. The Morgan fingerprint density at radius 3 is 2.50 bits per heavy atom. The first-order valence-electron chi connectivity index (χ1n) is 7.47. The van der Waals surface area contributed by atoms with Gasteiger partial charge in [-0.1, -0.05) is 30.3 Å². The molecular formula is C16H17N3O4S. The van der Waals surface area contributed by atoms with Crippen molar-refractivity contribution in [1.82, 2.24) is 0 Å². The summed E-state index contributed by atoms with van der Waals surface area (Å²) in [5, 5.41) is 16.3. The lowest BCUT2D eigenvalue weighted by Crippen LogP contribution is -2.24. The highest BCUT2D eigenvalue weighted by Gasteiger charge is 2.29. The molecule has 7 nitrogen and oxygen atoms in total. The van der Waals surface area contributed by atoms with Gasteiger partial charge in [-0.05, 0) is 18.1 Å². The Morgan fingerprint density at radius 2 is 1.88 bits per heavy atom. The predicted molar refractivity (Wildman–Crippen MR) is 90.5 cm³/mol. The van der Waals surface area contributed by atoms with Crippen molar-refractivity contribution in [1.29, 1.82) is 0 Å². The van der Waals surface area contributed by atoms with E-state index in [9.17, 15) is 18.5 Å². The van der Waals surface area contributed by atoms with Gasteiger partial charge in [0.05, 0.1) is 10.6 Å². The van der Waals surface area contributed by atoms with E-state index in [4.69, 9.17) is 5.14 Å². The van der Waals surface area contributed by atoms with Crippen molar-refractivity contribution in [2.75, 3.05) is 18.0 Å². The van der Waals surface area contributed by atoms with Crippen molar-refractivity contribution in [3.05, 3.63) is 64.2 Å². The highest BCUT2D eigenvalue weighted by molar-refractivity contribution is 7.89. The third kappa shape index (κ3) is 3.24. The molecule has 1 aliphatic heterocycles. The molecule has 0 aliphatic carbocycles. The summed E-state index contributed by atoms with van der Waals surface area (Å²) in [5.41, 5.74) is 1.31. The molecule has 2 N–H and O–H groups in total. The number of nitrogens with zero attached hydrogens (tertiary/aromatic N) is 2. The maximum absolute atomic E-state index is 11.8. The minimum atomic E-state index is -3.96. The number of anilines is 1. The summed E-state index contributed by atoms with van der Waals surface area (Å²) in [6, 6.07) is 13.6. The molecule has 1 heterocycles. The third-order valence-electron chi connectivity index (χ3n) is 4.26. The summed E-state index contributed by atoms with van der Waals surface area (Å²) in [4.78, 5) is 12.3. The number of benzene rings is 2. The largest absolute Gasteiger partial charge is 0.370 e. The summed E-state index contributed by atoms with van der Waals surface area (Å²) >= 11 is 0. The van der Waals surface area contributed by atoms with E-state index in [1.54, 1.807) is 0 Å². The second kappa shape index (κ2) is 6.21. The van der Waals surface area contributed by atoms with Crippen molar-refractivity contribution < 1.29 is 13.3 Å². The average molecular weight is 347 g/mol. The molecular weight excluding hydrogens is 330 g/mol. The van der Waals surface area contributed by atoms with E-state index in [0.717, 1.165) is 12.5 Å². The minimum Gasteiger partial charge on any atom is -0.370 e. The van der Waals surface area contributed by atoms with Crippen molar-refractivity contribution in [3.63, 3.8) is 0 Å². The standard InChI is InChI=1S/C16H17N3O4S/c17-24(22,23)16-7-6-14(19(20)21)10-15(16)18-9-8-13(11-18)12-4-2-1-3-5-12/h1-7,10,13H,8-9,11H2,(H2,17,22,23). The van der Waals surface area contributed by atoms with Crippen LogP contribution in [0.3, 0.4) is 0 Å². The Kier molecular flexibility index (Phi) is 4.25. The van der Waals surface area contributed by atoms with Crippen LogP contribution in [0.1, 0.15) is 17.9 Å². The normalized spacial score (nSPS) is 17.9. The van der Waals surface area contributed by atoms with Gasteiger partial charge in [-0.2, -0.15) is 0 Å². The van der Waals surface area contributed by atoms with Gasteiger partial charge in [0.15, 0.2) is 0 Å². The van der Waals surface area contributed by atoms with E-state index < -0.39 is 14.9 Å². The molecule has 0 saturated carbocycles. The second-order valence-corrected chi connectivity index (χ2v) is 7.33. The molecule has 2 aromatic rings. The maximum Gasteiger partial charge on any atom is 0.271 e. The van der Waals surface area contributed by atoms with Crippen LogP contribution < -0.4 is 10.0 Å². The van der Waals surface area contributed by atoms with Gasteiger partial charge in [-0.3, -0.25) is 10.1 Å². The maximum atomic E-state index is 11.8. The number of hydrogen-bond acceptors (Lipinski definition) is 5. The highest BCUT2D eigenvalue weighted by Crippen LogP contribution is 2.35. The molecule has 1 aliphatic rings. The number of nitro groups is 1. The molecule has 24 heavy (non-hydrogen) atoms. The smallest absolute Gasteiger partial charge is 0.271 e. The van der Waals surface area contributed by atoms with Gasteiger partial charge in [0.1, 0.15) is 4.90 Å². The van der Waals surface area contributed by atoms with Crippen LogP contribution >= 0.6 is 0 Å². The molecule has 0 amide bonds. The lowest BCUT2D eigenvalue weighted by atomic mass is 9.99. The lowest BCUT2D eigenvalue weighted by molar-refractivity contribution is -0.384. The van der Waals surface area contributed by atoms with E-state index in [1.165, 1.54) is 17.7 Å². The first kappa shape index (κ1) is 16.4. The van der Waals surface area contributed by atoms with Gasteiger partial charge >= 0.3 is 0 Å². The molecule has 1 fully saturated rings. The number of nitro benzene ring substituents is 1. The molecule has 3 rings (SSSR count). The van der Waals surface area contributed by atoms with E-state index >= 15 is 0 Å². The quantitative estimate of drug-likeness (QED) is 0.674. The van der Waals surface area contributed by atoms with Crippen LogP contribution in [0.15, 0.2) is 53.4 Å². The summed E-state index contributed by atoms with van der Waals surface area (Å²) in [6.07, 6.45) is 0.844. The molecule has 0 spiro atoms. The van der Waals surface area contributed by atoms with Gasteiger partial charge in [-0.25, -0.2) is 13.6 Å². The van der Waals surface area contributed by atoms with Crippen LogP contribution in [0.4, 0.5) is 11.4 Å². The Hall–Kier alpha value is -2.45. The van der Waals surface area contributed by atoms with E-state index in [-0.39, 0.29) is 16.5 Å². The fourth-order valence-corrected chi connectivity index (χ4v) is 3.82. The predicted octanol–water partition coefficient (Wildman–Crippen LogP) is 2.24. The minimum absolute atomic E-state index is 0.0817. The van der Waals surface area contributed by atoms with Crippen LogP contribution in [0.5, 0.6) is 0 Å². The van der Waals surface area contributed by atoms with Crippen molar-refractivity contribution in [3.8, 4) is 0 Å². The van der Waals surface area contributed by atoms with Crippen LogP contribution in [-0.4, -0.2) is 26.4 Å². The van der Waals surface area contributed by atoms with Crippen molar-refractivity contribution >= 4 is 21.4 Å². The Balaban J connectivity index is 1.97. The molecule has 126 valence electrons. The number of sulfonamides is 1. The molecule has 1 unspecified atom stereocenters. The second-order valence-electron chi connectivity index (χ2n) is 5.80. The summed E-state index contributed by atoms with van der Waals surface area (Å²) in [7, 11) is -3.96. The first-order valence-corrected chi connectivity index (χ1v) is 9.02. The SMILES string of the molecule is NS(=O)(=O)c1ccc([N+](=O)[O-])cc1N1CCC(c2ccccc2)C1. The monoisotopic (exact) mass is 347 g/mol.